The minimum Gasteiger partial charge on any atom is -0.480 e. The van der Waals surface area contributed by atoms with Crippen LogP contribution in [0.15, 0.2) is 9.85 Å². The summed E-state index contributed by atoms with van der Waals surface area (Å²) >= 11 is 5.05. The van der Waals surface area contributed by atoms with Crippen LogP contribution in [0.25, 0.3) is 0 Å². The van der Waals surface area contributed by atoms with Crippen LogP contribution < -0.4 is 5.32 Å². The van der Waals surface area contributed by atoms with Gasteiger partial charge in [-0.05, 0) is 48.7 Å². The Kier molecular flexibility index (Phi) is 6.87. The van der Waals surface area contributed by atoms with Crippen LogP contribution in [-0.2, 0) is 22.4 Å². The van der Waals surface area contributed by atoms with Crippen molar-refractivity contribution in [3.8, 4) is 0 Å². The molecule has 22 heavy (non-hydrogen) atoms. The van der Waals surface area contributed by atoms with Crippen LogP contribution >= 0.6 is 27.3 Å². The fourth-order valence-electron chi connectivity index (χ4n) is 1.90. The van der Waals surface area contributed by atoms with Crippen LogP contribution in [0.2, 0.25) is 0 Å². The van der Waals surface area contributed by atoms with E-state index in [1.807, 2.05) is 5.38 Å². The lowest BCUT2D eigenvalue weighted by atomic mass is 10.1. The first-order valence-electron chi connectivity index (χ1n) is 7.11. The van der Waals surface area contributed by atoms with Gasteiger partial charge in [0.1, 0.15) is 11.6 Å². The van der Waals surface area contributed by atoms with Crippen molar-refractivity contribution in [1.29, 1.82) is 0 Å². The van der Waals surface area contributed by atoms with E-state index in [2.05, 4.69) is 28.2 Å². The number of carbonyl (C=O) groups excluding carboxylic acids is 1. The van der Waals surface area contributed by atoms with Gasteiger partial charge in [-0.3, -0.25) is 0 Å². The molecule has 1 rings (SSSR count). The topological polar surface area (TPSA) is 75.6 Å². The van der Waals surface area contributed by atoms with Gasteiger partial charge in [-0.25, -0.2) is 9.59 Å². The number of thiophene rings is 1. The van der Waals surface area contributed by atoms with E-state index in [-0.39, 0.29) is 6.42 Å². The largest absolute Gasteiger partial charge is 0.480 e. The molecule has 1 heterocycles. The predicted octanol–water partition coefficient (Wildman–Crippen LogP) is 3.98. The Hall–Kier alpha value is -1.08. The number of carboxylic acid groups (broad SMARTS) is 1. The van der Waals surface area contributed by atoms with E-state index in [0.717, 1.165) is 27.8 Å². The number of amides is 1. The Bertz CT molecular complexity index is 536. The van der Waals surface area contributed by atoms with Crippen molar-refractivity contribution in [2.24, 2.45) is 0 Å². The quantitative estimate of drug-likeness (QED) is 0.768. The van der Waals surface area contributed by atoms with Crippen LogP contribution in [0, 0.1) is 0 Å². The van der Waals surface area contributed by atoms with Gasteiger partial charge in [-0.15, -0.1) is 11.3 Å². The Morgan fingerprint density at radius 1 is 1.45 bits per heavy atom. The normalized spacial score (nSPS) is 12.8. The molecule has 0 aromatic carbocycles. The summed E-state index contributed by atoms with van der Waals surface area (Å²) in [6.07, 6.45) is 1.39. The lowest BCUT2D eigenvalue weighted by Gasteiger charge is -2.22. The zero-order valence-corrected chi connectivity index (χ0v) is 15.6. The highest BCUT2D eigenvalue weighted by molar-refractivity contribution is 9.10. The number of aryl methyl sites for hydroxylation is 1. The van der Waals surface area contributed by atoms with Crippen molar-refractivity contribution in [3.63, 3.8) is 0 Å². The number of rotatable bonds is 6. The maximum atomic E-state index is 11.8. The third-order valence-corrected chi connectivity index (χ3v) is 4.90. The Labute approximate surface area is 143 Å². The number of nitrogens with one attached hydrogen (secondary N) is 1. The third-order valence-electron chi connectivity index (χ3n) is 2.80. The van der Waals surface area contributed by atoms with Crippen LogP contribution in [0.5, 0.6) is 0 Å². The molecule has 0 bridgehead atoms. The monoisotopic (exact) mass is 391 g/mol. The molecule has 0 saturated carbocycles. The summed E-state index contributed by atoms with van der Waals surface area (Å²) < 4.78 is 6.01. The van der Waals surface area contributed by atoms with Gasteiger partial charge in [-0.2, -0.15) is 0 Å². The molecule has 1 aromatic heterocycles. The molecule has 0 saturated heterocycles. The van der Waals surface area contributed by atoms with E-state index < -0.39 is 23.7 Å². The van der Waals surface area contributed by atoms with Crippen LogP contribution in [0.1, 0.15) is 44.6 Å². The number of halogens is 1. The van der Waals surface area contributed by atoms with Gasteiger partial charge >= 0.3 is 12.1 Å². The molecule has 1 atom stereocenters. The second-order valence-corrected chi connectivity index (χ2v) is 7.80. The zero-order chi connectivity index (χ0) is 16.9. The fourth-order valence-corrected chi connectivity index (χ4v) is 3.76. The van der Waals surface area contributed by atoms with Crippen molar-refractivity contribution < 1.29 is 19.4 Å². The highest BCUT2D eigenvalue weighted by atomic mass is 79.9. The van der Waals surface area contributed by atoms with Gasteiger partial charge < -0.3 is 15.2 Å². The average molecular weight is 392 g/mol. The number of carbonyl (C=O) groups is 2. The Morgan fingerprint density at radius 3 is 2.59 bits per heavy atom. The van der Waals surface area contributed by atoms with Gasteiger partial charge in [0.25, 0.3) is 0 Å². The molecular weight excluding hydrogens is 370 g/mol. The van der Waals surface area contributed by atoms with E-state index >= 15 is 0 Å². The first-order chi connectivity index (χ1) is 10.1. The SMILES string of the molecule is CCCc1scc(Br)c1CC(NC(=O)OC(C)(C)C)C(=O)O. The summed E-state index contributed by atoms with van der Waals surface area (Å²) in [6, 6.07) is -1.02. The molecule has 124 valence electrons. The van der Waals surface area contributed by atoms with Gasteiger partial charge in [0.05, 0.1) is 0 Å². The second kappa shape index (κ2) is 7.97. The highest BCUT2D eigenvalue weighted by Gasteiger charge is 2.26. The van der Waals surface area contributed by atoms with Crippen molar-refractivity contribution in [1.82, 2.24) is 5.32 Å². The van der Waals surface area contributed by atoms with Gasteiger partial charge in [0.15, 0.2) is 0 Å². The lowest BCUT2D eigenvalue weighted by molar-refractivity contribution is -0.139. The summed E-state index contributed by atoms with van der Waals surface area (Å²) in [6.45, 7) is 7.27. The molecule has 0 fully saturated rings. The highest BCUT2D eigenvalue weighted by Crippen LogP contribution is 2.29. The molecule has 0 radical (unpaired) electrons. The number of hydrogen-bond acceptors (Lipinski definition) is 4. The summed E-state index contributed by atoms with van der Waals surface area (Å²) in [5.74, 6) is -1.08. The minimum atomic E-state index is -1.08. The van der Waals surface area contributed by atoms with Crippen LogP contribution in [0.3, 0.4) is 0 Å². The first kappa shape index (κ1) is 19.0. The maximum Gasteiger partial charge on any atom is 0.408 e. The number of alkyl carbamates (subject to hydrolysis) is 1. The van der Waals surface area contributed by atoms with Gasteiger partial charge in [-0.1, -0.05) is 13.3 Å². The zero-order valence-electron chi connectivity index (χ0n) is 13.2. The molecule has 0 aliphatic rings. The lowest BCUT2D eigenvalue weighted by Crippen LogP contribution is -2.44. The number of hydrogen-bond donors (Lipinski definition) is 2. The molecule has 1 aromatic rings. The Morgan fingerprint density at radius 2 is 2.09 bits per heavy atom. The molecule has 7 heteroatoms. The first-order valence-corrected chi connectivity index (χ1v) is 8.78. The summed E-state index contributed by atoms with van der Waals surface area (Å²) in [4.78, 5) is 24.4. The smallest absolute Gasteiger partial charge is 0.408 e. The van der Waals surface area contributed by atoms with E-state index in [1.165, 1.54) is 0 Å². The molecule has 2 N–H and O–H groups in total. The molecule has 1 unspecified atom stereocenters. The predicted molar refractivity (Wildman–Crippen MR) is 90.5 cm³/mol. The molecule has 0 spiro atoms. The van der Waals surface area contributed by atoms with Crippen LogP contribution in [0.4, 0.5) is 4.79 Å². The summed E-state index contributed by atoms with van der Waals surface area (Å²) in [7, 11) is 0. The number of aliphatic carboxylic acids is 1. The van der Waals surface area contributed by atoms with E-state index in [9.17, 15) is 14.7 Å². The molecule has 0 aliphatic carbocycles. The van der Waals surface area contributed by atoms with E-state index in [1.54, 1.807) is 32.1 Å². The molecule has 5 nitrogen and oxygen atoms in total. The van der Waals surface area contributed by atoms with E-state index in [4.69, 9.17) is 4.74 Å². The van der Waals surface area contributed by atoms with Crippen molar-refractivity contribution in [3.05, 3.63) is 20.3 Å². The molecular formula is C15H22BrNO4S. The van der Waals surface area contributed by atoms with Gasteiger partial charge in [0.2, 0.25) is 0 Å². The van der Waals surface area contributed by atoms with Crippen molar-refractivity contribution in [2.45, 2.75) is 58.6 Å². The third kappa shape index (κ3) is 5.96. The second-order valence-electron chi connectivity index (χ2n) is 5.98. The number of ether oxygens (including phenoxy) is 1. The standard InChI is InChI=1S/C15H22BrNO4S/c1-5-6-12-9(10(16)8-22-12)7-11(13(18)19)17-14(20)21-15(2,3)4/h8,11H,5-7H2,1-4H3,(H,17,20)(H,18,19). The number of carboxylic acids is 1. The Balaban J connectivity index is 2.83. The van der Waals surface area contributed by atoms with Crippen molar-refractivity contribution in [2.75, 3.05) is 0 Å². The minimum absolute atomic E-state index is 0.230. The molecule has 1 amide bonds. The molecule has 0 aliphatic heterocycles. The van der Waals surface area contributed by atoms with Gasteiger partial charge in [0, 0.05) is 21.2 Å². The summed E-state index contributed by atoms with van der Waals surface area (Å²) in [5, 5.41) is 13.7. The summed E-state index contributed by atoms with van der Waals surface area (Å²) in [5.41, 5.74) is 0.277. The van der Waals surface area contributed by atoms with Crippen molar-refractivity contribution >= 4 is 39.3 Å². The maximum absolute atomic E-state index is 11.8. The van der Waals surface area contributed by atoms with Crippen LogP contribution in [-0.4, -0.2) is 28.8 Å². The van der Waals surface area contributed by atoms with E-state index in [0.29, 0.717) is 0 Å². The average Bonchev–Trinajstić information content (AvgIpc) is 2.68. The fraction of sp³-hybridized carbons (Fsp3) is 0.600.